The topological polar surface area (TPSA) is 80.5 Å². The molecule has 0 spiro atoms. The van der Waals surface area contributed by atoms with Gasteiger partial charge in [-0.2, -0.15) is 0 Å². The van der Waals surface area contributed by atoms with Crippen LogP contribution in [0.3, 0.4) is 0 Å². The van der Waals surface area contributed by atoms with Gasteiger partial charge in [0.1, 0.15) is 0 Å². The van der Waals surface area contributed by atoms with Crippen LogP contribution in [0, 0.1) is 5.92 Å². The van der Waals surface area contributed by atoms with Crippen molar-refractivity contribution in [1.82, 2.24) is 19.7 Å². The Bertz CT molecular complexity index is 1130. The Morgan fingerprint density at radius 3 is 2.69 bits per heavy atom. The van der Waals surface area contributed by atoms with Crippen molar-refractivity contribution in [1.29, 1.82) is 0 Å². The van der Waals surface area contributed by atoms with Gasteiger partial charge in [-0.25, -0.2) is 9.97 Å². The molecule has 1 saturated heterocycles. The van der Waals surface area contributed by atoms with Crippen molar-refractivity contribution in [3.8, 4) is 11.3 Å². The van der Waals surface area contributed by atoms with E-state index in [0.29, 0.717) is 17.5 Å². The van der Waals surface area contributed by atoms with Gasteiger partial charge >= 0.3 is 0 Å². The zero-order valence-corrected chi connectivity index (χ0v) is 18.4. The summed E-state index contributed by atoms with van der Waals surface area (Å²) in [6, 6.07) is 8.08. The molecule has 2 fully saturated rings. The third-order valence-corrected chi connectivity index (χ3v) is 6.10. The minimum atomic E-state index is -0.00337. The summed E-state index contributed by atoms with van der Waals surface area (Å²) in [5, 5.41) is 6.57. The first-order chi connectivity index (χ1) is 15.7. The Morgan fingerprint density at radius 1 is 1.19 bits per heavy atom. The van der Waals surface area contributed by atoms with E-state index in [9.17, 15) is 4.79 Å². The molecule has 1 aliphatic carbocycles. The second-order valence-electron chi connectivity index (χ2n) is 8.61. The number of aromatic nitrogens is 3. The van der Waals surface area contributed by atoms with Gasteiger partial charge in [0.2, 0.25) is 0 Å². The van der Waals surface area contributed by atoms with E-state index >= 15 is 0 Å². The highest BCUT2D eigenvalue weighted by Crippen LogP contribution is 2.26. The average Bonchev–Trinajstić information content (AvgIpc) is 3.54. The summed E-state index contributed by atoms with van der Waals surface area (Å²) in [4.78, 5) is 21.8. The van der Waals surface area contributed by atoms with Crippen LogP contribution in [0.1, 0.15) is 48.7 Å². The molecule has 0 unspecified atom stereocenters. The number of benzene rings is 1. The third kappa shape index (κ3) is 4.53. The van der Waals surface area contributed by atoms with E-state index in [1.807, 2.05) is 55.7 Å². The zero-order chi connectivity index (χ0) is 21.9. The number of allylic oxidation sites excluding steroid dienone is 1. The third-order valence-electron chi connectivity index (χ3n) is 6.10. The Hall–Kier alpha value is -3.19. The van der Waals surface area contributed by atoms with Crippen molar-refractivity contribution in [2.45, 2.75) is 38.6 Å². The molecule has 3 aromatic rings. The molecular weight excluding hydrogens is 402 g/mol. The molecule has 32 heavy (non-hydrogen) atoms. The fourth-order valence-electron chi connectivity index (χ4n) is 4.07. The predicted octanol–water partition coefficient (Wildman–Crippen LogP) is 4.16. The molecular formula is C25H29N5O2. The summed E-state index contributed by atoms with van der Waals surface area (Å²) in [5.74, 6) is 1.37. The van der Waals surface area contributed by atoms with E-state index in [4.69, 9.17) is 9.72 Å². The van der Waals surface area contributed by atoms with Crippen molar-refractivity contribution in [3.05, 3.63) is 54.0 Å². The summed E-state index contributed by atoms with van der Waals surface area (Å²) in [6.07, 6.45) is 12.2. The summed E-state index contributed by atoms with van der Waals surface area (Å²) in [6.45, 7) is 4.51. The fraction of sp³-hybridized carbons (Fsp3) is 0.400. The molecule has 7 heteroatoms. The molecule has 0 bridgehead atoms. The Kier molecular flexibility index (Phi) is 5.90. The standard InChI is InChI=1S/C25H29N5O2/c1-2-3-21-16-30-22(18-4-6-19(7-5-18)25(31)29-20-8-9-20)15-27-24(30)23(28-21)26-14-17-10-12-32-13-11-17/h2-7,15-17,20H,8-14H2,1H3,(H,26,28)(H,29,31)/b3-2+. The van der Waals surface area contributed by atoms with Crippen LogP contribution >= 0.6 is 0 Å². The van der Waals surface area contributed by atoms with Gasteiger partial charge in [-0.1, -0.05) is 18.2 Å². The first kappa shape index (κ1) is 20.7. The SMILES string of the molecule is C/C=C/c1cn2c(-c3ccc(C(=O)NC4CC4)cc3)cnc2c(NCC2CCOCC2)n1. The first-order valence-electron chi connectivity index (χ1n) is 11.4. The number of nitrogens with one attached hydrogen (secondary N) is 2. The van der Waals surface area contributed by atoms with Gasteiger partial charge in [0, 0.05) is 43.1 Å². The van der Waals surface area contributed by atoms with E-state index in [1.54, 1.807) is 0 Å². The molecule has 1 amide bonds. The largest absolute Gasteiger partial charge is 0.381 e. The Labute approximate surface area is 187 Å². The molecule has 5 rings (SSSR count). The maximum atomic E-state index is 12.3. The molecule has 166 valence electrons. The van der Waals surface area contributed by atoms with Crippen molar-refractivity contribution in [2.24, 2.45) is 5.92 Å². The van der Waals surface area contributed by atoms with E-state index in [1.165, 1.54) is 0 Å². The summed E-state index contributed by atoms with van der Waals surface area (Å²) in [7, 11) is 0. The lowest BCUT2D eigenvalue weighted by atomic mass is 10.0. The van der Waals surface area contributed by atoms with Gasteiger partial charge < -0.3 is 15.4 Å². The van der Waals surface area contributed by atoms with Crippen LogP contribution in [-0.2, 0) is 4.74 Å². The van der Waals surface area contributed by atoms with E-state index in [0.717, 1.165) is 73.9 Å². The van der Waals surface area contributed by atoms with Crippen LogP contribution in [0.2, 0.25) is 0 Å². The highest BCUT2D eigenvalue weighted by molar-refractivity contribution is 5.95. The Balaban J connectivity index is 1.43. The fourth-order valence-corrected chi connectivity index (χ4v) is 4.07. The van der Waals surface area contributed by atoms with Crippen LogP contribution in [0.25, 0.3) is 23.0 Å². The van der Waals surface area contributed by atoms with Crippen LogP contribution in [0.5, 0.6) is 0 Å². The highest BCUT2D eigenvalue weighted by atomic mass is 16.5. The van der Waals surface area contributed by atoms with Crippen molar-refractivity contribution in [2.75, 3.05) is 25.1 Å². The van der Waals surface area contributed by atoms with Gasteiger partial charge in [0.15, 0.2) is 11.5 Å². The van der Waals surface area contributed by atoms with E-state index in [-0.39, 0.29) is 5.91 Å². The lowest BCUT2D eigenvalue weighted by Gasteiger charge is -2.22. The number of rotatable bonds is 7. The highest BCUT2D eigenvalue weighted by Gasteiger charge is 2.24. The lowest BCUT2D eigenvalue weighted by Crippen LogP contribution is -2.25. The second kappa shape index (κ2) is 9.12. The van der Waals surface area contributed by atoms with Gasteiger partial charge in [0.05, 0.1) is 17.6 Å². The average molecular weight is 432 g/mol. The number of hydrogen-bond acceptors (Lipinski definition) is 5. The van der Waals surface area contributed by atoms with Crippen LogP contribution in [0.15, 0.2) is 42.7 Å². The van der Waals surface area contributed by atoms with Crippen molar-refractivity contribution < 1.29 is 9.53 Å². The number of ether oxygens (including phenoxy) is 1. The van der Waals surface area contributed by atoms with E-state index in [2.05, 4.69) is 20.0 Å². The van der Waals surface area contributed by atoms with Crippen LogP contribution in [0.4, 0.5) is 5.82 Å². The normalized spacial score (nSPS) is 17.2. The second-order valence-corrected chi connectivity index (χ2v) is 8.61. The number of fused-ring (bicyclic) bond motifs is 1. The number of carbonyl (C=O) groups is 1. The molecule has 0 radical (unpaired) electrons. The van der Waals surface area contributed by atoms with Crippen LogP contribution < -0.4 is 10.6 Å². The number of nitrogens with zero attached hydrogens (tertiary/aromatic N) is 3. The van der Waals surface area contributed by atoms with Gasteiger partial charge in [-0.3, -0.25) is 9.20 Å². The maximum absolute atomic E-state index is 12.3. The lowest BCUT2D eigenvalue weighted by molar-refractivity contribution is 0.0699. The number of carbonyl (C=O) groups excluding carboxylic acids is 1. The molecule has 1 aromatic carbocycles. The molecule has 3 heterocycles. The van der Waals surface area contributed by atoms with Crippen molar-refractivity contribution in [3.63, 3.8) is 0 Å². The van der Waals surface area contributed by atoms with Gasteiger partial charge in [-0.15, -0.1) is 0 Å². The van der Waals surface area contributed by atoms with Gasteiger partial charge in [0.25, 0.3) is 5.91 Å². The predicted molar refractivity (Wildman–Crippen MR) is 126 cm³/mol. The van der Waals surface area contributed by atoms with Crippen molar-refractivity contribution >= 4 is 23.4 Å². The number of hydrogen-bond donors (Lipinski definition) is 2. The van der Waals surface area contributed by atoms with E-state index < -0.39 is 0 Å². The molecule has 2 aromatic heterocycles. The molecule has 2 aliphatic rings. The Morgan fingerprint density at radius 2 is 1.97 bits per heavy atom. The number of amides is 1. The number of imidazole rings is 1. The summed E-state index contributed by atoms with van der Waals surface area (Å²) < 4.78 is 7.55. The number of anilines is 1. The quantitative estimate of drug-likeness (QED) is 0.587. The maximum Gasteiger partial charge on any atom is 0.251 e. The molecule has 1 aliphatic heterocycles. The molecule has 0 atom stereocenters. The molecule has 2 N–H and O–H groups in total. The molecule has 7 nitrogen and oxygen atoms in total. The zero-order valence-electron chi connectivity index (χ0n) is 18.4. The first-order valence-corrected chi connectivity index (χ1v) is 11.4. The summed E-state index contributed by atoms with van der Waals surface area (Å²) >= 11 is 0. The minimum absolute atomic E-state index is 0.00337. The monoisotopic (exact) mass is 431 g/mol. The van der Waals surface area contributed by atoms with Gasteiger partial charge in [-0.05, 0) is 56.7 Å². The van der Waals surface area contributed by atoms with Crippen LogP contribution in [-0.4, -0.2) is 46.1 Å². The molecule has 1 saturated carbocycles. The minimum Gasteiger partial charge on any atom is -0.381 e. The smallest absolute Gasteiger partial charge is 0.251 e. The summed E-state index contributed by atoms with van der Waals surface area (Å²) in [5.41, 5.74) is 4.33.